The molecule has 0 spiro atoms. The van der Waals surface area contributed by atoms with Crippen molar-refractivity contribution >= 4 is 0 Å². The van der Waals surface area contributed by atoms with E-state index in [4.69, 9.17) is 0 Å². The monoisotopic (exact) mass is 281 g/mol. The molecule has 0 fully saturated rings. The topological polar surface area (TPSA) is 12.0 Å². The van der Waals surface area contributed by atoms with Gasteiger partial charge in [-0.2, -0.15) is 0 Å². The molecule has 2 aromatic rings. The van der Waals surface area contributed by atoms with Crippen LogP contribution in [-0.4, -0.2) is 12.6 Å². The van der Waals surface area contributed by atoms with Gasteiger partial charge in [-0.05, 0) is 55.0 Å². The summed E-state index contributed by atoms with van der Waals surface area (Å²) in [5.41, 5.74) is 5.40. The fraction of sp³-hybridized carbons (Fsp3) is 0.400. The van der Waals surface area contributed by atoms with Crippen molar-refractivity contribution in [2.24, 2.45) is 0 Å². The van der Waals surface area contributed by atoms with E-state index >= 15 is 0 Å². The Balaban J connectivity index is 2.00. The van der Waals surface area contributed by atoms with Gasteiger partial charge in [0, 0.05) is 6.04 Å². The molecule has 0 saturated carbocycles. The van der Waals surface area contributed by atoms with Crippen LogP contribution in [0.4, 0.5) is 0 Å². The molecule has 1 unspecified atom stereocenters. The largest absolute Gasteiger partial charge is 0.314 e. The highest BCUT2D eigenvalue weighted by molar-refractivity contribution is 5.63. The van der Waals surface area contributed by atoms with E-state index in [1.807, 2.05) is 0 Å². The van der Waals surface area contributed by atoms with E-state index in [9.17, 15) is 0 Å². The lowest BCUT2D eigenvalue weighted by molar-refractivity contribution is 0.543. The standard InChI is InChI=1S/C20H27N/c1-4-14-21-16(3)15-18-8-12-20(13-9-18)19-10-6-17(5-2)7-11-19/h6-13,16,21H,4-5,14-15H2,1-3H3. The van der Waals surface area contributed by atoms with Crippen molar-refractivity contribution in [1.29, 1.82) is 0 Å². The van der Waals surface area contributed by atoms with Crippen molar-refractivity contribution in [3.63, 3.8) is 0 Å². The van der Waals surface area contributed by atoms with Gasteiger partial charge < -0.3 is 5.32 Å². The number of benzene rings is 2. The van der Waals surface area contributed by atoms with Crippen molar-refractivity contribution in [3.8, 4) is 11.1 Å². The van der Waals surface area contributed by atoms with E-state index in [1.165, 1.54) is 28.7 Å². The second-order valence-electron chi connectivity index (χ2n) is 5.81. The van der Waals surface area contributed by atoms with Crippen molar-refractivity contribution in [2.45, 2.75) is 46.1 Å². The maximum absolute atomic E-state index is 3.54. The first-order valence-electron chi connectivity index (χ1n) is 8.14. The summed E-state index contributed by atoms with van der Waals surface area (Å²) in [4.78, 5) is 0. The van der Waals surface area contributed by atoms with Crippen molar-refractivity contribution in [3.05, 3.63) is 59.7 Å². The van der Waals surface area contributed by atoms with Crippen LogP contribution in [0.3, 0.4) is 0 Å². The van der Waals surface area contributed by atoms with E-state index in [1.54, 1.807) is 0 Å². The Morgan fingerprint density at radius 2 is 1.33 bits per heavy atom. The van der Waals surface area contributed by atoms with Crippen molar-refractivity contribution in [2.75, 3.05) is 6.54 Å². The number of hydrogen-bond acceptors (Lipinski definition) is 1. The Kier molecular flexibility index (Phi) is 6.01. The van der Waals surface area contributed by atoms with E-state index < -0.39 is 0 Å². The molecule has 0 aromatic heterocycles. The van der Waals surface area contributed by atoms with Crippen molar-refractivity contribution in [1.82, 2.24) is 5.32 Å². The first-order valence-corrected chi connectivity index (χ1v) is 8.14. The van der Waals surface area contributed by atoms with Crippen LogP contribution in [0.15, 0.2) is 48.5 Å². The summed E-state index contributed by atoms with van der Waals surface area (Å²) in [5.74, 6) is 0. The highest BCUT2D eigenvalue weighted by Gasteiger charge is 2.03. The summed E-state index contributed by atoms with van der Waals surface area (Å²) in [6.07, 6.45) is 3.38. The minimum Gasteiger partial charge on any atom is -0.314 e. The van der Waals surface area contributed by atoms with Gasteiger partial charge in [-0.1, -0.05) is 62.4 Å². The first-order chi connectivity index (χ1) is 10.2. The van der Waals surface area contributed by atoms with Gasteiger partial charge in [0.25, 0.3) is 0 Å². The second-order valence-corrected chi connectivity index (χ2v) is 5.81. The minimum absolute atomic E-state index is 0.541. The van der Waals surface area contributed by atoms with E-state index in [0.717, 1.165) is 19.4 Å². The van der Waals surface area contributed by atoms with Gasteiger partial charge in [-0.15, -0.1) is 0 Å². The van der Waals surface area contributed by atoms with Crippen LogP contribution in [0.2, 0.25) is 0 Å². The molecule has 21 heavy (non-hydrogen) atoms. The number of hydrogen-bond donors (Lipinski definition) is 1. The van der Waals surface area contributed by atoms with Gasteiger partial charge in [0.2, 0.25) is 0 Å². The minimum atomic E-state index is 0.541. The third kappa shape index (κ3) is 4.71. The lowest BCUT2D eigenvalue weighted by Crippen LogP contribution is -2.28. The zero-order chi connectivity index (χ0) is 15.1. The van der Waals surface area contributed by atoms with Crippen LogP contribution in [0.25, 0.3) is 11.1 Å². The summed E-state index contributed by atoms with van der Waals surface area (Å²) in [7, 11) is 0. The van der Waals surface area contributed by atoms with Crippen LogP contribution in [0, 0.1) is 0 Å². The summed E-state index contributed by atoms with van der Waals surface area (Å²) in [5, 5.41) is 3.54. The molecule has 0 amide bonds. The fourth-order valence-electron chi connectivity index (χ4n) is 2.58. The Labute approximate surface area is 129 Å². The van der Waals surface area contributed by atoms with Gasteiger partial charge in [0.05, 0.1) is 0 Å². The molecule has 2 rings (SSSR count). The third-order valence-corrected chi connectivity index (χ3v) is 3.93. The smallest absolute Gasteiger partial charge is 0.00791 e. The Bertz CT molecular complexity index is 525. The molecule has 0 heterocycles. The van der Waals surface area contributed by atoms with Gasteiger partial charge in [-0.25, -0.2) is 0 Å². The molecule has 0 radical (unpaired) electrons. The molecule has 0 saturated heterocycles. The molecule has 1 nitrogen and oxygen atoms in total. The third-order valence-electron chi connectivity index (χ3n) is 3.93. The molecular formula is C20H27N. The molecule has 1 N–H and O–H groups in total. The molecular weight excluding hydrogens is 254 g/mol. The summed E-state index contributed by atoms with van der Waals surface area (Å²) in [6.45, 7) is 7.76. The normalized spacial score (nSPS) is 12.3. The molecule has 0 aliphatic rings. The Hall–Kier alpha value is -1.60. The Morgan fingerprint density at radius 3 is 1.81 bits per heavy atom. The lowest BCUT2D eigenvalue weighted by Gasteiger charge is -2.13. The second kappa shape index (κ2) is 7.99. The van der Waals surface area contributed by atoms with Crippen LogP contribution in [0.5, 0.6) is 0 Å². The number of rotatable bonds is 7. The zero-order valence-corrected chi connectivity index (χ0v) is 13.5. The van der Waals surface area contributed by atoms with Crippen LogP contribution >= 0.6 is 0 Å². The van der Waals surface area contributed by atoms with Gasteiger partial charge in [-0.3, -0.25) is 0 Å². The van der Waals surface area contributed by atoms with Gasteiger partial charge >= 0.3 is 0 Å². The highest BCUT2D eigenvalue weighted by atomic mass is 14.9. The SMILES string of the molecule is CCCNC(C)Cc1ccc(-c2ccc(CC)cc2)cc1. The molecule has 112 valence electrons. The number of aryl methyl sites for hydroxylation is 1. The molecule has 0 aliphatic heterocycles. The first kappa shape index (κ1) is 15.8. The predicted octanol–water partition coefficient (Wildman–Crippen LogP) is 4.85. The lowest BCUT2D eigenvalue weighted by atomic mass is 10.00. The summed E-state index contributed by atoms with van der Waals surface area (Å²) < 4.78 is 0. The van der Waals surface area contributed by atoms with E-state index in [2.05, 4.69) is 74.6 Å². The molecule has 2 aromatic carbocycles. The summed E-state index contributed by atoms with van der Waals surface area (Å²) >= 11 is 0. The van der Waals surface area contributed by atoms with Crippen LogP contribution in [-0.2, 0) is 12.8 Å². The Morgan fingerprint density at radius 1 is 0.810 bits per heavy atom. The zero-order valence-electron chi connectivity index (χ0n) is 13.5. The predicted molar refractivity (Wildman–Crippen MR) is 92.7 cm³/mol. The van der Waals surface area contributed by atoms with Gasteiger partial charge in [0.1, 0.15) is 0 Å². The molecule has 1 atom stereocenters. The molecule has 1 heteroatoms. The van der Waals surface area contributed by atoms with E-state index in [0.29, 0.717) is 6.04 Å². The highest BCUT2D eigenvalue weighted by Crippen LogP contribution is 2.21. The maximum atomic E-state index is 3.54. The van der Waals surface area contributed by atoms with Crippen LogP contribution < -0.4 is 5.32 Å². The summed E-state index contributed by atoms with van der Waals surface area (Å²) in [6, 6.07) is 18.4. The number of nitrogens with one attached hydrogen (secondary N) is 1. The molecule has 0 aliphatic carbocycles. The average molecular weight is 281 g/mol. The maximum Gasteiger partial charge on any atom is 0.00791 e. The molecule has 0 bridgehead atoms. The fourth-order valence-corrected chi connectivity index (χ4v) is 2.58. The van der Waals surface area contributed by atoms with E-state index in [-0.39, 0.29) is 0 Å². The van der Waals surface area contributed by atoms with Crippen molar-refractivity contribution < 1.29 is 0 Å². The van der Waals surface area contributed by atoms with Crippen LogP contribution in [0.1, 0.15) is 38.3 Å². The quantitative estimate of drug-likeness (QED) is 0.765. The van der Waals surface area contributed by atoms with Gasteiger partial charge in [0.15, 0.2) is 0 Å². The average Bonchev–Trinajstić information content (AvgIpc) is 2.54.